The third-order valence-electron chi connectivity index (χ3n) is 4.72. The Labute approximate surface area is 117 Å². The van der Waals surface area contributed by atoms with Gasteiger partial charge in [0.1, 0.15) is 0 Å². The summed E-state index contributed by atoms with van der Waals surface area (Å²) in [4.78, 5) is 2.71. The first-order valence-electron chi connectivity index (χ1n) is 7.76. The summed E-state index contributed by atoms with van der Waals surface area (Å²) in [6.45, 7) is 9.25. The van der Waals surface area contributed by atoms with Gasteiger partial charge in [0.05, 0.1) is 0 Å². The predicted molar refractivity (Wildman–Crippen MR) is 80.4 cm³/mol. The summed E-state index contributed by atoms with van der Waals surface area (Å²) in [5.74, 6) is 0.985. The zero-order chi connectivity index (χ0) is 13.2. The average molecular weight is 258 g/mol. The molecule has 1 aromatic rings. The van der Waals surface area contributed by atoms with Crippen molar-refractivity contribution in [2.45, 2.75) is 39.2 Å². The van der Waals surface area contributed by atoms with Gasteiger partial charge in [0.15, 0.2) is 0 Å². The van der Waals surface area contributed by atoms with Crippen LogP contribution >= 0.6 is 0 Å². The van der Waals surface area contributed by atoms with Crippen LogP contribution in [-0.2, 0) is 0 Å². The van der Waals surface area contributed by atoms with E-state index >= 15 is 0 Å². The van der Waals surface area contributed by atoms with E-state index in [1.807, 2.05) is 0 Å². The SMILES string of the molecule is Cc1cccc(C)c1[C@H](CC1CC1)N1CCNCC1. The molecule has 0 radical (unpaired) electrons. The maximum absolute atomic E-state index is 3.48. The van der Waals surface area contributed by atoms with Crippen molar-refractivity contribution in [3.63, 3.8) is 0 Å². The van der Waals surface area contributed by atoms with E-state index in [0.717, 1.165) is 19.0 Å². The van der Waals surface area contributed by atoms with E-state index in [2.05, 4.69) is 42.3 Å². The van der Waals surface area contributed by atoms with Crippen molar-refractivity contribution in [2.24, 2.45) is 5.92 Å². The molecular weight excluding hydrogens is 232 g/mol. The van der Waals surface area contributed by atoms with Crippen molar-refractivity contribution in [3.05, 3.63) is 34.9 Å². The molecule has 0 aromatic heterocycles. The lowest BCUT2D eigenvalue weighted by Gasteiger charge is -2.37. The lowest BCUT2D eigenvalue weighted by molar-refractivity contribution is 0.159. The van der Waals surface area contributed by atoms with Crippen LogP contribution in [0.2, 0.25) is 0 Å². The van der Waals surface area contributed by atoms with E-state index in [-0.39, 0.29) is 0 Å². The normalized spacial score (nSPS) is 22.4. The van der Waals surface area contributed by atoms with Crippen molar-refractivity contribution in [3.8, 4) is 0 Å². The Morgan fingerprint density at radius 2 is 1.79 bits per heavy atom. The van der Waals surface area contributed by atoms with Gasteiger partial charge in [-0.3, -0.25) is 4.90 Å². The molecule has 1 N–H and O–H groups in total. The second kappa shape index (κ2) is 5.64. The molecule has 104 valence electrons. The van der Waals surface area contributed by atoms with Gasteiger partial charge >= 0.3 is 0 Å². The van der Waals surface area contributed by atoms with Gasteiger partial charge in [-0.05, 0) is 42.9 Å². The number of rotatable bonds is 4. The van der Waals surface area contributed by atoms with Crippen molar-refractivity contribution in [1.29, 1.82) is 0 Å². The van der Waals surface area contributed by atoms with E-state index in [9.17, 15) is 0 Å². The van der Waals surface area contributed by atoms with Crippen LogP contribution in [0.1, 0.15) is 42.0 Å². The lowest BCUT2D eigenvalue weighted by atomic mass is 9.91. The third-order valence-corrected chi connectivity index (χ3v) is 4.72. The highest BCUT2D eigenvalue weighted by Gasteiger charge is 2.31. The minimum Gasteiger partial charge on any atom is -0.314 e. The molecule has 2 nitrogen and oxygen atoms in total. The molecule has 0 amide bonds. The Balaban J connectivity index is 1.88. The monoisotopic (exact) mass is 258 g/mol. The van der Waals surface area contributed by atoms with Gasteiger partial charge < -0.3 is 5.32 Å². The van der Waals surface area contributed by atoms with Crippen LogP contribution in [0.15, 0.2) is 18.2 Å². The number of nitrogens with one attached hydrogen (secondary N) is 1. The zero-order valence-electron chi connectivity index (χ0n) is 12.3. The van der Waals surface area contributed by atoms with Crippen LogP contribution in [-0.4, -0.2) is 31.1 Å². The Morgan fingerprint density at radius 3 is 2.37 bits per heavy atom. The highest BCUT2D eigenvalue weighted by molar-refractivity contribution is 5.36. The van der Waals surface area contributed by atoms with Gasteiger partial charge in [0.25, 0.3) is 0 Å². The van der Waals surface area contributed by atoms with E-state index in [1.54, 1.807) is 5.56 Å². The van der Waals surface area contributed by atoms with E-state index < -0.39 is 0 Å². The van der Waals surface area contributed by atoms with Crippen molar-refractivity contribution in [1.82, 2.24) is 10.2 Å². The van der Waals surface area contributed by atoms with Crippen LogP contribution in [0, 0.1) is 19.8 Å². The molecule has 2 fully saturated rings. The van der Waals surface area contributed by atoms with Crippen molar-refractivity contribution in [2.75, 3.05) is 26.2 Å². The highest BCUT2D eigenvalue weighted by atomic mass is 15.2. The van der Waals surface area contributed by atoms with Crippen LogP contribution in [0.25, 0.3) is 0 Å². The van der Waals surface area contributed by atoms with Gasteiger partial charge in [-0.25, -0.2) is 0 Å². The Bertz CT molecular complexity index is 411. The maximum Gasteiger partial charge on any atom is 0.0357 e. The van der Waals surface area contributed by atoms with E-state index in [4.69, 9.17) is 0 Å². The summed E-state index contributed by atoms with van der Waals surface area (Å²) in [6, 6.07) is 7.41. The Kier molecular flexibility index (Phi) is 3.90. The van der Waals surface area contributed by atoms with Crippen LogP contribution in [0.3, 0.4) is 0 Å². The number of benzene rings is 1. The van der Waals surface area contributed by atoms with Crippen LogP contribution in [0.5, 0.6) is 0 Å². The summed E-state index contributed by atoms with van der Waals surface area (Å²) in [7, 11) is 0. The summed E-state index contributed by atoms with van der Waals surface area (Å²) >= 11 is 0. The number of aryl methyl sites for hydroxylation is 2. The first-order valence-corrected chi connectivity index (χ1v) is 7.76. The van der Waals surface area contributed by atoms with Gasteiger partial charge in [-0.2, -0.15) is 0 Å². The lowest BCUT2D eigenvalue weighted by Crippen LogP contribution is -2.45. The molecule has 1 heterocycles. The van der Waals surface area contributed by atoms with Gasteiger partial charge in [0.2, 0.25) is 0 Å². The topological polar surface area (TPSA) is 15.3 Å². The highest BCUT2D eigenvalue weighted by Crippen LogP contribution is 2.41. The predicted octanol–water partition coefficient (Wildman–Crippen LogP) is 3.05. The average Bonchev–Trinajstić information content (AvgIpc) is 3.22. The van der Waals surface area contributed by atoms with E-state index in [1.165, 1.54) is 43.5 Å². The van der Waals surface area contributed by atoms with Gasteiger partial charge in [-0.15, -0.1) is 0 Å². The molecule has 0 spiro atoms. The molecule has 3 rings (SSSR count). The van der Waals surface area contributed by atoms with Crippen molar-refractivity contribution >= 4 is 0 Å². The Morgan fingerprint density at radius 1 is 1.16 bits per heavy atom. The number of piperazine rings is 1. The molecule has 1 aromatic carbocycles. The molecule has 1 saturated carbocycles. The Hall–Kier alpha value is -0.860. The fourth-order valence-corrected chi connectivity index (χ4v) is 3.47. The number of hydrogen-bond donors (Lipinski definition) is 1. The van der Waals surface area contributed by atoms with Crippen LogP contribution < -0.4 is 5.32 Å². The van der Waals surface area contributed by atoms with Crippen molar-refractivity contribution < 1.29 is 0 Å². The molecule has 2 aliphatic rings. The zero-order valence-corrected chi connectivity index (χ0v) is 12.3. The standard InChI is InChI=1S/C17H26N2/c1-13-4-3-5-14(2)17(13)16(12-15-6-7-15)19-10-8-18-9-11-19/h3-5,15-16,18H,6-12H2,1-2H3/t16-/m0/s1. The summed E-state index contributed by atoms with van der Waals surface area (Å²) in [6.07, 6.45) is 4.27. The molecule has 1 saturated heterocycles. The number of nitrogens with zero attached hydrogens (tertiary/aromatic N) is 1. The molecule has 2 heteroatoms. The quantitative estimate of drug-likeness (QED) is 0.893. The molecule has 19 heavy (non-hydrogen) atoms. The molecule has 0 bridgehead atoms. The first kappa shape index (κ1) is 13.1. The molecule has 1 atom stereocenters. The maximum atomic E-state index is 3.48. The summed E-state index contributed by atoms with van der Waals surface area (Å²) in [5, 5.41) is 3.48. The molecular formula is C17H26N2. The van der Waals surface area contributed by atoms with Gasteiger partial charge in [-0.1, -0.05) is 31.0 Å². The summed E-state index contributed by atoms with van der Waals surface area (Å²) in [5.41, 5.74) is 4.56. The molecule has 1 aliphatic heterocycles. The van der Waals surface area contributed by atoms with Gasteiger partial charge in [0, 0.05) is 32.2 Å². The fraction of sp³-hybridized carbons (Fsp3) is 0.647. The fourth-order valence-electron chi connectivity index (χ4n) is 3.47. The minimum atomic E-state index is 0.649. The summed E-state index contributed by atoms with van der Waals surface area (Å²) < 4.78 is 0. The third kappa shape index (κ3) is 3.01. The first-order chi connectivity index (χ1) is 9.25. The second-order valence-corrected chi connectivity index (χ2v) is 6.29. The smallest absolute Gasteiger partial charge is 0.0357 e. The minimum absolute atomic E-state index is 0.649. The van der Waals surface area contributed by atoms with Crippen LogP contribution in [0.4, 0.5) is 0 Å². The molecule has 1 aliphatic carbocycles. The number of hydrogen-bond acceptors (Lipinski definition) is 2. The molecule has 0 unspecified atom stereocenters. The second-order valence-electron chi connectivity index (χ2n) is 6.29. The largest absolute Gasteiger partial charge is 0.314 e. The van der Waals surface area contributed by atoms with E-state index in [0.29, 0.717) is 6.04 Å².